The zero-order valence-corrected chi connectivity index (χ0v) is 12.6. The highest BCUT2D eigenvalue weighted by atomic mass is 16.4. The first kappa shape index (κ1) is 19.8. The Labute approximate surface area is 127 Å². The summed E-state index contributed by atoms with van der Waals surface area (Å²) in [5.41, 5.74) is 5.37. The van der Waals surface area contributed by atoms with Gasteiger partial charge in [-0.05, 0) is 20.8 Å². The molecule has 0 aliphatic rings. The van der Waals surface area contributed by atoms with E-state index in [0.717, 1.165) is 0 Å². The van der Waals surface area contributed by atoms with Gasteiger partial charge in [-0.1, -0.05) is 0 Å². The molecule has 3 amide bonds. The smallest absolute Gasteiger partial charge is 0.325 e. The van der Waals surface area contributed by atoms with Crippen LogP contribution in [0.1, 0.15) is 20.8 Å². The van der Waals surface area contributed by atoms with Gasteiger partial charge >= 0.3 is 5.97 Å². The highest BCUT2D eigenvalue weighted by Crippen LogP contribution is 1.89. The minimum Gasteiger partial charge on any atom is -0.480 e. The van der Waals surface area contributed by atoms with Crippen molar-refractivity contribution in [3.05, 3.63) is 0 Å². The third-order valence-electron chi connectivity index (χ3n) is 2.75. The van der Waals surface area contributed by atoms with Gasteiger partial charge in [-0.2, -0.15) is 0 Å². The fourth-order valence-electron chi connectivity index (χ4n) is 1.26. The lowest BCUT2D eigenvalue weighted by Gasteiger charge is -2.17. The van der Waals surface area contributed by atoms with Crippen LogP contribution in [0, 0.1) is 0 Å². The number of rotatable bonds is 8. The SMILES string of the molecule is CC(NC(=O)C(C)NC(=O)CNC(=O)C(N)C(C)O)C(=O)O. The Kier molecular flexibility index (Phi) is 8.05. The lowest BCUT2D eigenvalue weighted by molar-refractivity contribution is -0.141. The van der Waals surface area contributed by atoms with Gasteiger partial charge in [-0.3, -0.25) is 19.2 Å². The number of carbonyl (C=O) groups excluding carboxylic acids is 3. The van der Waals surface area contributed by atoms with Crippen molar-refractivity contribution in [1.29, 1.82) is 0 Å². The van der Waals surface area contributed by atoms with Crippen LogP contribution in [-0.4, -0.2) is 64.7 Å². The number of nitrogens with two attached hydrogens (primary N) is 1. The van der Waals surface area contributed by atoms with Crippen molar-refractivity contribution in [2.24, 2.45) is 5.73 Å². The van der Waals surface area contributed by atoms with Gasteiger partial charge in [0.15, 0.2) is 0 Å². The summed E-state index contributed by atoms with van der Waals surface area (Å²) >= 11 is 0. The van der Waals surface area contributed by atoms with Crippen LogP contribution in [0.3, 0.4) is 0 Å². The molecule has 0 spiro atoms. The molecule has 4 unspecified atom stereocenters. The van der Waals surface area contributed by atoms with Crippen LogP contribution in [0.2, 0.25) is 0 Å². The van der Waals surface area contributed by atoms with Crippen LogP contribution in [0.25, 0.3) is 0 Å². The van der Waals surface area contributed by atoms with Gasteiger partial charge in [-0.15, -0.1) is 0 Å². The van der Waals surface area contributed by atoms with Gasteiger partial charge in [-0.25, -0.2) is 0 Å². The van der Waals surface area contributed by atoms with Crippen LogP contribution in [-0.2, 0) is 19.2 Å². The molecule has 4 atom stereocenters. The number of hydrogen-bond acceptors (Lipinski definition) is 6. The largest absolute Gasteiger partial charge is 0.480 e. The first-order chi connectivity index (χ1) is 10.1. The molecule has 10 heteroatoms. The van der Waals surface area contributed by atoms with Gasteiger partial charge in [0.05, 0.1) is 12.6 Å². The Morgan fingerprint density at radius 3 is 2.00 bits per heavy atom. The van der Waals surface area contributed by atoms with Gasteiger partial charge in [0.2, 0.25) is 17.7 Å². The molecule has 0 aromatic rings. The number of aliphatic hydroxyl groups excluding tert-OH is 1. The molecule has 0 aromatic heterocycles. The normalized spacial score (nSPS) is 15.9. The molecule has 0 saturated carbocycles. The van der Waals surface area contributed by atoms with Crippen molar-refractivity contribution in [3.8, 4) is 0 Å². The second kappa shape index (κ2) is 8.95. The Morgan fingerprint density at radius 2 is 1.55 bits per heavy atom. The van der Waals surface area contributed by atoms with Gasteiger partial charge in [0, 0.05) is 0 Å². The Balaban J connectivity index is 4.23. The molecule has 22 heavy (non-hydrogen) atoms. The van der Waals surface area contributed by atoms with E-state index in [-0.39, 0.29) is 0 Å². The van der Waals surface area contributed by atoms with Gasteiger partial charge in [0.25, 0.3) is 0 Å². The van der Waals surface area contributed by atoms with Crippen molar-refractivity contribution >= 4 is 23.7 Å². The van der Waals surface area contributed by atoms with Crippen LogP contribution >= 0.6 is 0 Å². The zero-order chi connectivity index (χ0) is 17.4. The average molecular weight is 318 g/mol. The Hall–Kier alpha value is -2.20. The average Bonchev–Trinajstić information content (AvgIpc) is 2.43. The maximum Gasteiger partial charge on any atom is 0.325 e. The first-order valence-corrected chi connectivity index (χ1v) is 6.60. The number of aliphatic carboxylic acids is 1. The van der Waals surface area contributed by atoms with E-state index in [0.29, 0.717) is 0 Å². The van der Waals surface area contributed by atoms with E-state index < -0.39 is 54.5 Å². The van der Waals surface area contributed by atoms with Crippen molar-refractivity contribution in [2.45, 2.75) is 45.0 Å². The summed E-state index contributed by atoms with van der Waals surface area (Å²) in [4.78, 5) is 45.2. The fourth-order valence-corrected chi connectivity index (χ4v) is 1.26. The maximum atomic E-state index is 11.6. The molecule has 0 heterocycles. The molecule has 0 bridgehead atoms. The number of carbonyl (C=O) groups is 4. The Bertz CT molecular complexity index is 439. The molecule has 0 aliphatic heterocycles. The minimum absolute atomic E-state index is 0.425. The molecule has 126 valence electrons. The Morgan fingerprint density at radius 1 is 1.00 bits per heavy atom. The summed E-state index contributed by atoms with van der Waals surface area (Å²) in [6, 6.07) is -3.22. The van der Waals surface area contributed by atoms with Crippen molar-refractivity contribution in [1.82, 2.24) is 16.0 Å². The summed E-state index contributed by atoms with van der Waals surface area (Å²) in [5, 5.41) is 24.5. The molecule has 10 nitrogen and oxygen atoms in total. The van der Waals surface area contributed by atoms with E-state index in [1.807, 2.05) is 0 Å². The number of hydrogen-bond donors (Lipinski definition) is 6. The van der Waals surface area contributed by atoms with Gasteiger partial charge in [0.1, 0.15) is 18.1 Å². The van der Waals surface area contributed by atoms with Crippen molar-refractivity contribution in [3.63, 3.8) is 0 Å². The summed E-state index contributed by atoms with van der Waals surface area (Å²) in [6.07, 6.45) is -1.06. The maximum absolute atomic E-state index is 11.6. The summed E-state index contributed by atoms with van der Waals surface area (Å²) in [5.74, 6) is -3.24. The molecule has 0 fully saturated rings. The molecule has 7 N–H and O–H groups in total. The standard InChI is InChI=1S/C12H22N4O6/c1-5(10(19)16-6(2)12(21)22)15-8(18)4-14-11(20)9(13)7(3)17/h5-7,9,17H,4,13H2,1-3H3,(H,14,20)(H,15,18)(H,16,19)(H,21,22). The number of carboxylic acid groups (broad SMARTS) is 1. The lowest BCUT2D eigenvalue weighted by Crippen LogP contribution is -2.53. The van der Waals surface area contributed by atoms with Crippen LogP contribution < -0.4 is 21.7 Å². The van der Waals surface area contributed by atoms with E-state index in [4.69, 9.17) is 15.9 Å². The van der Waals surface area contributed by atoms with Crippen LogP contribution in [0.15, 0.2) is 0 Å². The first-order valence-electron chi connectivity index (χ1n) is 6.60. The molecular formula is C12H22N4O6. The third kappa shape index (κ3) is 6.99. The van der Waals surface area contributed by atoms with E-state index in [9.17, 15) is 19.2 Å². The second-order valence-corrected chi connectivity index (χ2v) is 4.84. The number of nitrogens with one attached hydrogen (secondary N) is 3. The summed E-state index contributed by atoms with van der Waals surface area (Å²) in [7, 11) is 0. The molecule has 0 rings (SSSR count). The third-order valence-corrected chi connectivity index (χ3v) is 2.75. The molecule has 0 radical (unpaired) electrons. The summed E-state index contributed by atoms with van der Waals surface area (Å²) in [6.45, 7) is 3.56. The predicted octanol–water partition coefficient (Wildman–Crippen LogP) is -3.10. The summed E-state index contributed by atoms with van der Waals surface area (Å²) < 4.78 is 0. The molecule has 0 aromatic carbocycles. The minimum atomic E-state index is -1.20. The number of aliphatic hydroxyl groups is 1. The fraction of sp³-hybridized carbons (Fsp3) is 0.667. The number of amides is 3. The number of carboxylic acids is 1. The quantitative estimate of drug-likeness (QED) is 0.275. The van der Waals surface area contributed by atoms with Crippen molar-refractivity contribution in [2.75, 3.05) is 6.54 Å². The highest BCUT2D eigenvalue weighted by molar-refractivity contribution is 5.92. The predicted molar refractivity (Wildman–Crippen MR) is 75.5 cm³/mol. The van der Waals surface area contributed by atoms with E-state index in [1.54, 1.807) is 0 Å². The van der Waals surface area contributed by atoms with Crippen LogP contribution in [0.4, 0.5) is 0 Å². The monoisotopic (exact) mass is 318 g/mol. The molecular weight excluding hydrogens is 296 g/mol. The van der Waals surface area contributed by atoms with E-state index >= 15 is 0 Å². The second-order valence-electron chi connectivity index (χ2n) is 4.84. The van der Waals surface area contributed by atoms with Crippen molar-refractivity contribution < 1.29 is 29.4 Å². The molecule has 0 saturated heterocycles. The zero-order valence-electron chi connectivity index (χ0n) is 12.6. The lowest BCUT2D eigenvalue weighted by atomic mass is 10.2. The van der Waals surface area contributed by atoms with Gasteiger partial charge < -0.3 is 31.9 Å². The van der Waals surface area contributed by atoms with E-state index in [2.05, 4.69) is 16.0 Å². The molecule has 0 aliphatic carbocycles. The topological polar surface area (TPSA) is 171 Å². The highest BCUT2D eigenvalue weighted by Gasteiger charge is 2.22. The van der Waals surface area contributed by atoms with E-state index in [1.165, 1.54) is 20.8 Å². The van der Waals surface area contributed by atoms with Crippen LogP contribution in [0.5, 0.6) is 0 Å².